The molecule has 2 aliphatic carbocycles. The lowest BCUT2D eigenvalue weighted by Gasteiger charge is -2.48. The van der Waals surface area contributed by atoms with E-state index in [4.69, 9.17) is 47.1 Å². The quantitative estimate of drug-likeness (QED) is 0.472. The van der Waals surface area contributed by atoms with Crippen LogP contribution in [0.15, 0.2) is 23.4 Å². The molecule has 2 aliphatic rings. The van der Waals surface area contributed by atoms with Crippen molar-refractivity contribution < 1.29 is 13.2 Å². The van der Waals surface area contributed by atoms with Crippen LogP contribution in [0.3, 0.4) is 0 Å². The third-order valence-corrected chi connectivity index (χ3v) is 7.54. The maximum absolute atomic E-state index is 12.8. The lowest BCUT2D eigenvalue weighted by molar-refractivity contribution is 0.255. The maximum atomic E-state index is 12.8. The molecule has 1 aromatic heterocycles. The van der Waals surface area contributed by atoms with Crippen molar-refractivity contribution in [3.8, 4) is 0 Å². The molecule has 8 nitrogen and oxygen atoms in total. The van der Waals surface area contributed by atoms with Crippen molar-refractivity contribution in [3.05, 3.63) is 40.6 Å². The molecule has 0 unspecified atom stereocenters. The summed E-state index contributed by atoms with van der Waals surface area (Å²) in [6.45, 7) is 0.0248. The largest absolute Gasteiger partial charge is 0.340 e. The maximum Gasteiger partial charge on any atom is 0.333 e. The molecule has 15 heteroatoms. The first kappa shape index (κ1) is 26.1. The second-order valence-electron chi connectivity index (χ2n) is 9.14. The molecule has 2 amide bonds. The number of aryl methyl sites for hydroxylation is 2. The van der Waals surface area contributed by atoms with Crippen molar-refractivity contribution in [2.24, 2.45) is 0 Å². The van der Waals surface area contributed by atoms with Crippen molar-refractivity contribution >= 4 is 68.8 Å². The number of carbonyl (C=O) groups is 1. The van der Waals surface area contributed by atoms with Gasteiger partial charge in [-0.05, 0) is 66.8 Å². The summed E-state index contributed by atoms with van der Waals surface area (Å²) in [7, 11) is 29.7. The van der Waals surface area contributed by atoms with Gasteiger partial charge in [0.05, 0.1) is 53.6 Å². The molecule has 0 saturated carbocycles. The fourth-order valence-corrected chi connectivity index (χ4v) is 5.67. The third kappa shape index (κ3) is 5.71. The summed E-state index contributed by atoms with van der Waals surface area (Å²) in [6.07, 6.45) is 7.08. The van der Waals surface area contributed by atoms with Gasteiger partial charge in [0.2, 0.25) is 0 Å². The number of amides is 2. The number of sulfonamides is 1. The topological polar surface area (TPSA) is 96.3 Å². The number of hydrogen-bond acceptors (Lipinski definition) is 5. The first-order chi connectivity index (χ1) is 16.3. The van der Waals surface area contributed by atoms with Crippen LogP contribution in [-0.2, 0) is 42.3 Å². The van der Waals surface area contributed by atoms with Gasteiger partial charge in [0.15, 0.2) is 5.03 Å². The number of nitrogens with one attached hydrogen (secondary N) is 2. The first-order valence-electron chi connectivity index (χ1n) is 11.3. The van der Waals surface area contributed by atoms with E-state index in [-0.39, 0.29) is 18.1 Å². The molecule has 12 radical (unpaired) electrons. The molecule has 168 valence electrons. The molecule has 4 rings (SSSR count). The Balaban J connectivity index is 1.44. The predicted molar refractivity (Wildman–Crippen MR) is 139 cm³/mol. The van der Waals surface area contributed by atoms with Gasteiger partial charge in [-0.1, -0.05) is 16.5 Å². The van der Waals surface area contributed by atoms with E-state index in [1.54, 1.807) is 0 Å². The molecular formula is C20H21B6N5O3S. The summed E-state index contributed by atoms with van der Waals surface area (Å²) in [5, 5.41) is 2.62. The van der Waals surface area contributed by atoms with E-state index in [1.807, 2.05) is 4.72 Å². The molecule has 35 heavy (non-hydrogen) atoms. The van der Waals surface area contributed by atoms with Gasteiger partial charge in [-0.15, -0.1) is 0 Å². The number of benzene rings is 1. The molecular weight excluding hydrogens is 455 g/mol. The summed E-state index contributed by atoms with van der Waals surface area (Å²) in [5.74, 6) is 0. The first-order valence-corrected chi connectivity index (χ1v) is 12.8. The second-order valence-corrected chi connectivity index (χ2v) is 10.8. The summed E-state index contributed by atoms with van der Waals surface area (Å²) in [5.41, 5.74) is 5.39. The zero-order valence-corrected chi connectivity index (χ0v) is 20.1. The van der Waals surface area contributed by atoms with E-state index in [9.17, 15) is 13.2 Å². The van der Waals surface area contributed by atoms with Crippen LogP contribution in [0.25, 0.3) is 0 Å². The van der Waals surface area contributed by atoms with Crippen LogP contribution in [0.2, 0.25) is 0 Å². The smallest absolute Gasteiger partial charge is 0.333 e. The Hall–Kier alpha value is -2.00. The zero-order chi connectivity index (χ0) is 25.6. The van der Waals surface area contributed by atoms with Crippen molar-refractivity contribution in [2.45, 2.75) is 60.6 Å². The molecule has 0 saturated heterocycles. The molecule has 0 aliphatic heterocycles. The Kier molecular flexibility index (Phi) is 7.05. The van der Waals surface area contributed by atoms with Gasteiger partial charge in [-0.3, -0.25) is 4.68 Å². The number of fused-ring (bicyclic) bond motifs is 2. The Morgan fingerprint density at radius 3 is 2.11 bits per heavy atom. The monoisotopic (exact) mass is 477 g/mol. The standard InChI is InChI=1S/C20H21B6N5O3S/c21-19(22,23)31(20(24,25)26)10-9-30-8-7-16(28-30)35(33,34)29-18(32)27-17-14-5-1-3-12(14)11-13-4-2-6-15(13)17/h7-8,11H,1-6,9-10H2,(H2,27,29,32). The van der Waals surface area contributed by atoms with E-state index in [0.717, 1.165) is 60.2 Å². The van der Waals surface area contributed by atoms with E-state index in [1.165, 1.54) is 28.1 Å². The van der Waals surface area contributed by atoms with Crippen LogP contribution < -0.4 is 10.0 Å². The molecule has 2 aromatic rings. The minimum atomic E-state index is -4.24. The van der Waals surface area contributed by atoms with Crippen LogP contribution in [0.4, 0.5) is 10.5 Å². The number of urea groups is 1. The highest BCUT2D eigenvalue weighted by molar-refractivity contribution is 7.90. The Labute approximate surface area is 214 Å². The number of anilines is 1. The molecule has 0 bridgehead atoms. The molecule has 0 atom stereocenters. The zero-order valence-electron chi connectivity index (χ0n) is 19.3. The highest BCUT2D eigenvalue weighted by atomic mass is 32.2. The highest BCUT2D eigenvalue weighted by Gasteiger charge is 2.30. The normalized spacial score (nSPS) is 15.7. The van der Waals surface area contributed by atoms with Crippen molar-refractivity contribution in [1.29, 1.82) is 0 Å². The minimum Gasteiger partial charge on any atom is -0.340 e. The number of hydrogen-bond donors (Lipinski definition) is 2. The van der Waals surface area contributed by atoms with Gasteiger partial charge < -0.3 is 10.2 Å². The van der Waals surface area contributed by atoms with Crippen molar-refractivity contribution in [1.82, 2.24) is 19.4 Å². The van der Waals surface area contributed by atoms with Gasteiger partial charge >= 0.3 is 6.03 Å². The Morgan fingerprint density at radius 1 is 1.00 bits per heavy atom. The van der Waals surface area contributed by atoms with Crippen LogP contribution in [0.1, 0.15) is 35.1 Å². The summed E-state index contributed by atoms with van der Waals surface area (Å²) in [4.78, 5) is 13.7. The molecule has 1 heterocycles. The fraction of sp³-hybridized carbons (Fsp3) is 0.500. The molecule has 0 fully saturated rings. The van der Waals surface area contributed by atoms with Gasteiger partial charge in [0.25, 0.3) is 10.0 Å². The lowest BCUT2D eigenvalue weighted by Crippen LogP contribution is -2.64. The predicted octanol–water partition coefficient (Wildman–Crippen LogP) is -1.09. The van der Waals surface area contributed by atoms with Gasteiger partial charge in [-0.2, -0.15) is 13.5 Å². The molecule has 1 aromatic carbocycles. The van der Waals surface area contributed by atoms with E-state index in [0.29, 0.717) is 0 Å². The Bertz CT molecular complexity index is 1190. The average Bonchev–Trinajstić information content (AvgIpc) is 3.45. The molecule has 0 spiro atoms. The third-order valence-electron chi connectivity index (χ3n) is 6.32. The number of rotatable bonds is 8. The van der Waals surface area contributed by atoms with E-state index in [2.05, 4.69) is 16.5 Å². The summed E-state index contributed by atoms with van der Waals surface area (Å²) < 4.78 is 28.9. The highest BCUT2D eigenvalue weighted by Crippen LogP contribution is 2.38. The Morgan fingerprint density at radius 2 is 1.57 bits per heavy atom. The van der Waals surface area contributed by atoms with Crippen LogP contribution in [-0.4, -0.2) is 93.2 Å². The number of nitrogens with zero attached hydrogens (tertiary/aromatic N) is 3. The van der Waals surface area contributed by atoms with Crippen LogP contribution >= 0.6 is 0 Å². The second kappa shape index (κ2) is 9.46. The van der Waals surface area contributed by atoms with Crippen molar-refractivity contribution in [3.63, 3.8) is 0 Å². The molecule has 2 N–H and O–H groups in total. The summed E-state index contributed by atoms with van der Waals surface area (Å²) in [6, 6.07) is 2.64. The summed E-state index contributed by atoms with van der Waals surface area (Å²) >= 11 is 0. The average molecular weight is 476 g/mol. The SMILES string of the molecule is [B]C([B])([B])N(CCn1ccc(S(=O)(=O)NC(=O)Nc2c3c(cc4c2CCC4)CCC3)n1)C([B])([B])[B]. The fourth-order valence-electron chi connectivity index (χ4n) is 4.82. The number of carbonyl (C=O) groups excluding carboxylic acids is 1. The van der Waals surface area contributed by atoms with Gasteiger partial charge in [-0.25, -0.2) is 9.52 Å². The minimum absolute atomic E-state index is 0.0354. The van der Waals surface area contributed by atoms with Crippen LogP contribution in [0, 0.1) is 0 Å². The van der Waals surface area contributed by atoms with Gasteiger partial charge in [0, 0.05) is 18.4 Å². The van der Waals surface area contributed by atoms with E-state index >= 15 is 0 Å². The number of aromatic nitrogens is 2. The van der Waals surface area contributed by atoms with E-state index < -0.39 is 26.5 Å². The van der Waals surface area contributed by atoms with Crippen LogP contribution in [0.5, 0.6) is 0 Å². The lowest BCUT2D eigenvalue weighted by atomic mass is 9.40. The van der Waals surface area contributed by atoms with Gasteiger partial charge in [0.1, 0.15) is 0 Å². The van der Waals surface area contributed by atoms with Crippen molar-refractivity contribution in [2.75, 3.05) is 11.9 Å².